The third kappa shape index (κ3) is 3.56. The molecule has 1 aromatic rings. The Morgan fingerprint density at radius 1 is 1.32 bits per heavy atom. The number of rotatable bonds is 3. The number of ether oxygens (including phenoxy) is 1. The number of halogens is 3. The van der Waals surface area contributed by atoms with Crippen LogP contribution in [-0.2, 0) is 0 Å². The summed E-state index contributed by atoms with van der Waals surface area (Å²) in [7, 11) is 0. The van der Waals surface area contributed by atoms with Crippen molar-refractivity contribution in [2.24, 2.45) is 0 Å². The van der Waals surface area contributed by atoms with Crippen molar-refractivity contribution in [1.82, 2.24) is 4.90 Å². The van der Waals surface area contributed by atoms with E-state index >= 15 is 0 Å². The second-order valence-corrected chi connectivity index (χ2v) is 4.96. The molecule has 19 heavy (non-hydrogen) atoms. The van der Waals surface area contributed by atoms with Crippen molar-refractivity contribution in [3.8, 4) is 5.75 Å². The molecule has 0 radical (unpaired) electrons. The van der Waals surface area contributed by atoms with Gasteiger partial charge in [-0.15, -0.1) is 11.6 Å². The van der Waals surface area contributed by atoms with Gasteiger partial charge in [-0.05, 0) is 25.0 Å². The van der Waals surface area contributed by atoms with Crippen molar-refractivity contribution in [3.63, 3.8) is 0 Å². The molecular weight excluding hydrogens is 276 g/mol. The van der Waals surface area contributed by atoms with Crippen molar-refractivity contribution in [3.05, 3.63) is 29.8 Å². The monoisotopic (exact) mass is 289 g/mol. The van der Waals surface area contributed by atoms with Crippen molar-refractivity contribution >= 4 is 17.5 Å². The van der Waals surface area contributed by atoms with Gasteiger partial charge in [0.1, 0.15) is 5.75 Å². The number of para-hydroxylation sites is 1. The Labute approximate surface area is 115 Å². The van der Waals surface area contributed by atoms with Crippen molar-refractivity contribution in [2.45, 2.75) is 24.8 Å². The summed E-state index contributed by atoms with van der Waals surface area (Å²) in [4.78, 5) is 13.9. The highest BCUT2D eigenvalue weighted by atomic mass is 35.5. The lowest BCUT2D eigenvalue weighted by Crippen LogP contribution is -2.39. The summed E-state index contributed by atoms with van der Waals surface area (Å²) in [5.41, 5.74) is 0.163. The summed E-state index contributed by atoms with van der Waals surface area (Å²) in [6.45, 7) is -1.87. The Bertz CT molecular complexity index is 448. The predicted molar refractivity (Wildman–Crippen MR) is 67.9 cm³/mol. The minimum Gasteiger partial charge on any atom is -0.434 e. The van der Waals surface area contributed by atoms with E-state index in [-0.39, 0.29) is 22.6 Å². The summed E-state index contributed by atoms with van der Waals surface area (Å²) < 4.78 is 29.0. The standard InChI is InChI=1S/C13H14ClF2NO2/c14-9-5-7-17(8-6-9)12(18)10-3-1-2-4-11(10)19-13(15)16/h1-4,9,13H,5-8H2. The summed E-state index contributed by atoms with van der Waals surface area (Å²) in [5.74, 6) is -0.379. The van der Waals surface area contributed by atoms with Crippen LogP contribution in [0.4, 0.5) is 8.78 Å². The lowest BCUT2D eigenvalue weighted by Gasteiger charge is -2.29. The molecule has 0 aromatic heterocycles. The molecule has 0 spiro atoms. The topological polar surface area (TPSA) is 29.5 Å². The Morgan fingerprint density at radius 3 is 2.58 bits per heavy atom. The highest BCUT2D eigenvalue weighted by Gasteiger charge is 2.25. The molecule has 1 aromatic carbocycles. The molecule has 104 valence electrons. The number of alkyl halides is 3. The van der Waals surface area contributed by atoms with Gasteiger partial charge >= 0.3 is 6.61 Å². The largest absolute Gasteiger partial charge is 0.434 e. The van der Waals surface area contributed by atoms with E-state index < -0.39 is 6.61 Å². The van der Waals surface area contributed by atoms with Crippen molar-refractivity contribution in [2.75, 3.05) is 13.1 Å². The number of benzene rings is 1. The second kappa shape index (κ2) is 6.19. The zero-order valence-electron chi connectivity index (χ0n) is 10.2. The van der Waals surface area contributed by atoms with E-state index in [9.17, 15) is 13.6 Å². The fourth-order valence-corrected chi connectivity index (χ4v) is 2.26. The molecule has 0 aliphatic carbocycles. The first-order chi connectivity index (χ1) is 9.08. The van der Waals surface area contributed by atoms with Crippen molar-refractivity contribution in [1.29, 1.82) is 0 Å². The Morgan fingerprint density at radius 2 is 1.95 bits per heavy atom. The van der Waals surface area contributed by atoms with Crippen LogP contribution in [0.5, 0.6) is 5.75 Å². The summed E-state index contributed by atoms with van der Waals surface area (Å²) in [6.07, 6.45) is 1.43. The SMILES string of the molecule is O=C(c1ccccc1OC(F)F)N1CCC(Cl)CC1. The van der Waals surface area contributed by atoms with Gasteiger partial charge in [0.05, 0.1) is 5.56 Å². The predicted octanol–water partition coefficient (Wildman–Crippen LogP) is 3.13. The molecular formula is C13H14ClF2NO2. The number of hydrogen-bond acceptors (Lipinski definition) is 2. The Hall–Kier alpha value is -1.36. The minimum atomic E-state index is -2.94. The number of carbonyl (C=O) groups is 1. The molecule has 1 heterocycles. The normalized spacial score (nSPS) is 16.7. The van der Waals surface area contributed by atoms with Crippen LogP contribution in [0.25, 0.3) is 0 Å². The van der Waals surface area contributed by atoms with E-state index in [1.54, 1.807) is 17.0 Å². The number of likely N-dealkylation sites (tertiary alicyclic amines) is 1. The van der Waals surface area contributed by atoms with Crippen molar-refractivity contribution < 1.29 is 18.3 Å². The molecule has 1 aliphatic rings. The third-order valence-electron chi connectivity index (χ3n) is 3.05. The Kier molecular flexibility index (Phi) is 4.58. The number of hydrogen-bond donors (Lipinski definition) is 0. The van der Waals surface area contributed by atoms with Gasteiger partial charge in [0.15, 0.2) is 0 Å². The van der Waals surface area contributed by atoms with Crippen LogP contribution >= 0.6 is 11.6 Å². The lowest BCUT2D eigenvalue weighted by molar-refractivity contribution is -0.0502. The van der Waals surface area contributed by atoms with E-state index in [4.69, 9.17) is 11.6 Å². The van der Waals surface area contributed by atoms with Crippen LogP contribution < -0.4 is 4.74 Å². The van der Waals surface area contributed by atoms with Gasteiger partial charge in [-0.2, -0.15) is 8.78 Å². The average Bonchev–Trinajstić information content (AvgIpc) is 2.39. The molecule has 2 rings (SSSR count). The molecule has 0 unspecified atom stereocenters. The summed E-state index contributed by atoms with van der Waals surface area (Å²) in [6, 6.07) is 6.04. The molecule has 3 nitrogen and oxygen atoms in total. The maximum atomic E-state index is 12.3. The summed E-state index contributed by atoms with van der Waals surface area (Å²) in [5, 5.41) is 0.0802. The first-order valence-electron chi connectivity index (χ1n) is 6.05. The number of amides is 1. The zero-order chi connectivity index (χ0) is 13.8. The van der Waals surface area contributed by atoms with E-state index in [2.05, 4.69) is 4.74 Å². The third-order valence-corrected chi connectivity index (χ3v) is 3.48. The number of nitrogens with zero attached hydrogens (tertiary/aromatic N) is 1. The molecule has 0 saturated carbocycles. The van der Waals surface area contributed by atoms with E-state index in [0.717, 1.165) is 0 Å². The Balaban J connectivity index is 2.14. The minimum absolute atomic E-state index is 0.0802. The van der Waals surface area contributed by atoms with Gasteiger partial charge in [0.25, 0.3) is 5.91 Å². The van der Waals surface area contributed by atoms with Crippen LogP contribution in [0.15, 0.2) is 24.3 Å². The van der Waals surface area contributed by atoms with E-state index in [0.29, 0.717) is 25.9 Å². The van der Waals surface area contributed by atoms with Crippen LogP contribution in [0, 0.1) is 0 Å². The molecule has 0 atom stereocenters. The fourth-order valence-electron chi connectivity index (χ4n) is 2.06. The maximum Gasteiger partial charge on any atom is 0.387 e. The molecule has 0 bridgehead atoms. The van der Waals surface area contributed by atoms with Gasteiger partial charge in [-0.3, -0.25) is 4.79 Å². The molecule has 1 saturated heterocycles. The van der Waals surface area contributed by atoms with Gasteiger partial charge in [0, 0.05) is 18.5 Å². The van der Waals surface area contributed by atoms with Gasteiger partial charge in [0.2, 0.25) is 0 Å². The fraction of sp³-hybridized carbons (Fsp3) is 0.462. The molecule has 0 N–H and O–H groups in total. The van der Waals surface area contributed by atoms with Crippen LogP contribution in [0.1, 0.15) is 23.2 Å². The number of carbonyl (C=O) groups excluding carboxylic acids is 1. The smallest absolute Gasteiger partial charge is 0.387 e. The first-order valence-corrected chi connectivity index (χ1v) is 6.48. The first kappa shape index (κ1) is 14.1. The van der Waals surface area contributed by atoms with Crippen LogP contribution in [-0.4, -0.2) is 35.9 Å². The average molecular weight is 290 g/mol. The van der Waals surface area contributed by atoms with Gasteiger partial charge in [-0.25, -0.2) is 0 Å². The van der Waals surface area contributed by atoms with Crippen LogP contribution in [0.2, 0.25) is 0 Å². The zero-order valence-corrected chi connectivity index (χ0v) is 10.9. The van der Waals surface area contributed by atoms with E-state index in [1.807, 2.05) is 0 Å². The maximum absolute atomic E-state index is 12.3. The molecule has 1 amide bonds. The second-order valence-electron chi connectivity index (χ2n) is 4.34. The van der Waals surface area contributed by atoms with Crippen LogP contribution in [0.3, 0.4) is 0 Å². The summed E-state index contributed by atoms with van der Waals surface area (Å²) >= 11 is 5.97. The van der Waals surface area contributed by atoms with E-state index in [1.165, 1.54) is 12.1 Å². The highest BCUT2D eigenvalue weighted by molar-refractivity contribution is 6.20. The van der Waals surface area contributed by atoms with Gasteiger partial charge in [-0.1, -0.05) is 12.1 Å². The molecule has 6 heteroatoms. The molecule has 1 fully saturated rings. The number of piperidine rings is 1. The van der Waals surface area contributed by atoms with Gasteiger partial charge < -0.3 is 9.64 Å². The lowest BCUT2D eigenvalue weighted by atomic mass is 10.1. The molecule has 1 aliphatic heterocycles. The highest BCUT2D eigenvalue weighted by Crippen LogP contribution is 2.24. The quantitative estimate of drug-likeness (QED) is 0.800.